The number of carbonyl (C=O) groups excluding carboxylic acids is 2. The summed E-state index contributed by atoms with van der Waals surface area (Å²) in [6.07, 6.45) is 4.76. The second-order valence-electron chi connectivity index (χ2n) is 8.44. The molecule has 0 fully saturated rings. The van der Waals surface area contributed by atoms with E-state index < -0.39 is 5.41 Å². The second-order valence-corrected chi connectivity index (χ2v) is 8.85. The Kier molecular flexibility index (Phi) is 6.43. The monoisotopic (exact) mass is 484 g/mol. The van der Waals surface area contributed by atoms with Crippen LogP contribution in [0.3, 0.4) is 0 Å². The third-order valence-corrected chi connectivity index (χ3v) is 5.76. The molecule has 10 nitrogen and oxygen atoms in total. The van der Waals surface area contributed by atoms with Gasteiger partial charge in [0.15, 0.2) is 0 Å². The number of rotatable bonds is 6. The third kappa shape index (κ3) is 4.54. The maximum absolute atomic E-state index is 13.2. The Morgan fingerprint density at radius 3 is 2.85 bits per heavy atom. The van der Waals surface area contributed by atoms with Crippen molar-refractivity contribution >= 4 is 35.0 Å². The molecule has 1 aliphatic heterocycles. The van der Waals surface area contributed by atoms with Crippen molar-refractivity contribution in [3.05, 3.63) is 47.5 Å². The van der Waals surface area contributed by atoms with Crippen molar-refractivity contribution in [1.29, 1.82) is 0 Å². The number of ether oxygens (including phenoxy) is 2. The van der Waals surface area contributed by atoms with Crippen molar-refractivity contribution in [2.24, 2.45) is 5.41 Å². The van der Waals surface area contributed by atoms with Crippen LogP contribution in [0.5, 0.6) is 5.88 Å². The number of hydrogen-bond acceptors (Lipinski definition) is 8. The highest BCUT2D eigenvalue weighted by Crippen LogP contribution is 2.34. The first-order valence-electron chi connectivity index (χ1n) is 10.8. The van der Waals surface area contributed by atoms with Gasteiger partial charge in [-0.05, 0) is 32.9 Å². The van der Waals surface area contributed by atoms with Crippen LogP contribution in [0.4, 0.5) is 11.5 Å². The summed E-state index contributed by atoms with van der Waals surface area (Å²) >= 11 is 6.61. The van der Waals surface area contributed by atoms with E-state index in [2.05, 4.69) is 15.1 Å². The summed E-state index contributed by atoms with van der Waals surface area (Å²) < 4.78 is 12.4. The summed E-state index contributed by atoms with van der Waals surface area (Å²) in [7, 11) is 0. The minimum atomic E-state index is -0.732. The molecule has 0 aliphatic carbocycles. The van der Waals surface area contributed by atoms with Gasteiger partial charge in [-0.3, -0.25) is 14.3 Å². The molecule has 1 amide bonds. The van der Waals surface area contributed by atoms with E-state index in [-0.39, 0.29) is 35.7 Å². The van der Waals surface area contributed by atoms with E-state index in [0.717, 1.165) is 11.1 Å². The van der Waals surface area contributed by atoms with Gasteiger partial charge in [0.2, 0.25) is 5.88 Å². The van der Waals surface area contributed by atoms with Gasteiger partial charge in [0, 0.05) is 23.0 Å². The molecule has 1 aromatic carbocycles. The molecule has 178 valence electrons. The predicted octanol–water partition coefficient (Wildman–Crippen LogP) is 3.20. The number of halogens is 1. The van der Waals surface area contributed by atoms with Crippen LogP contribution in [0.25, 0.3) is 11.1 Å². The molecule has 2 N–H and O–H groups in total. The Balaban J connectivity index is 1.57. The average Bonchev–Trinajstić information content (AvgIpc) is 3.16. The Morgan fingerprint density at radius 2 is 2.12 bits per heavy atom. The van der Waals surface area contributed by atoms with Crippen molar-refractivity contribution in [2.75, 3.05) is 30.4 Å². The lowest BCUT2D eigenvalue weighted by atomic mass is 9.94. The van der Waals surface area contributed by atoms with Gasteiger partial charge >= 0.3 is 5.97 Å². The molecule has 2 aromatic heterocycles. The maximum atomic E-state index is 13.2. The van der Waals surface area contributed by atoms with Gasteiger partial charge < -0.3 is 20.1 Å². The smallest absolute Gasteiger partial charge is 0.313 e. The molecule has 1 aliphatic rings. The zero-order valence-electron chi connectivity index (χ0n) is 19.1. The topological polar surface area (TPSA) is 125 Å². The van der Waals surface area contributed by atoms with Crippen molar-refractivity contribution in [3.8, 4) is 17.0 Å². The molecule has 0 spiro atoms. The lowest BCUT2D eigenvalue weighted by Gasteiger charge is -2.22. The molecule has 0 radical (unpaired) electrons. The van der Waals surface area contributed by atoms with Crippen LogP contribution >= 0.6 is 11.6 Å². The van der Waals surface area contributed by atoms with Crippen LogP contribution in [-0.4, -0.2) is 51.4 Å². The number of nitrogens with two attached hydrogens (primary N) is 1. The van der Waals surface area contributed by atoms with Gasteiger partial charge in [-0.25, -0.2) is 9.97 Å². The van der Waals surface area contributed by atoms with E-state index in [1.807, 2.05) is 26.1 Å². The number of nitrogen functional groups attached to an aromatic ring is 1. The van der Waals surface area contributed by atoms with Gasteiger partial charge in [0.05, 0.1) is 36.3 Å². The zero-order valence-corrected chi connectivity index (χ0v) is 19.9. The molecule has 0 atom stereocenters. The van der Waals surface area contributed by atoms with Crippen molar-refractivity contribution in [1.82, 2.24) is 19.7 Å². The molecule has 11 heteroatoms. The largest absolute Gasteiger partial charge is 0.475 e. The molecular formula is C23H25ClN6O4. The predicted molar refractivity (Wildman–Crippen MR) is 127 cm³/mol. The fourth-order valence-electron chi connectivity index (χ4n) is 3.70. The first kappa shape index (κ1) is 23.5. The molecule has 0 unspecified atom stereocenters. The third-order valence-electron chi connectivity index (χ3n) is 5.45. The SMILES string of the molecule is CCOC(=O)C(C)(C)Cn1cc(-c2ccc(N3CCOc4ncnc(N)c4C3=O)cc2Cl)cn1. The van der Waals surface area contributed by atoms with Crippen LogP contribution in [0.2, 0.25) is 5.02 Å². The zero-order chi connectivity index (χ0) is 24.5. The number of carbonyl (C=O) groups is 2. The van der Waals surface area contributed by atoms with Gasteiger partial charge in [0.1, 0.15) is 24.3 Å². The molecule has 34 heavy (non-hydrogen) atoms. The van der Waals surface area contributed by atoms with Crippen molar-refractivity contribution in [2.45, 2.75) is 27.3 Å². The number of hydrogen-bond donors (Lipinski definition) is 1. The molecule has 3 heterocycles. The molecular weight excluding hydrogens is 460 g/mol. The summed E-state index contributed by atoms with van der Waals surface area (Å²) in [5, 5.41) is 4.82. The Labute approximate surface area is 201 Å². The van der Waals surface area contributed by atoms with Crippen LogP contribution in [0.1, 0.15) is 31.1 Å². The average molecular weight is 485 g/mol. The van der Waals surface area contributed by atoms with Gasteiger partial charge in [-0.1, -0.05) is 17.7 Å². The van der Waals surface area contributed by atoms with E-state index in [0.29, 0.717) is 30.4 Å². The Hall–Kier alpha value is -3.66. The second kappa shape index (κ2) is 9.30. The number of anilines is 2. The number of nitrogens with zero attached hydrogens (tertiary/aromatic N) is 5. The van der Waals surface area contributed by atoms with Gasteiger partial charge in [-0.2, -0.15) is 5.10 Å². The first-order chi connectivity index (χ1) is 16.2. The van der Waals surface area contributed by atoms with Crippen molar-refractivity contribution in [3.63, 3.8) is 0 Å². The van der Waals surface area contributed by atoms with Crippen LogP contribution in [0.15, 0.2) is 36.9 Å². The lowest BCUT2D eigenvalue weighted by Crippen LogP contribution is -2.32. The Bertz CT molecular complexity index is 1240. The molecule has 4 rings (SSSR count). The van der Waals surface area contributed by atoms with Crippen LogP contribution in [0, 0.1) is 5.41 Å². The number of amides is 1. The standard InChI is InChI=1S/C23H25ClN6O4/c1-4-33-22(32)23(2,3)12-29-11-14(10-28-29)16-6-5-15(9-17(16)24)30-7-8-34-20-18(21(30)31)19(25)26-13-27-20/h5-6,9-11,13H,4,7-8,12H2,1-3H3,(H2,25,26,27). The van der Waals surface area contributed by atoms with Crippen LogP contribution in [-0.2, 0) is 16.1 Å². The number of aromatic nitrogens is 4. The fourth-order valence-corrected chi connectivity index (χ4v) is 3.98. The van der Waals surface area contributed by atoms with E-state index in [1.165, 1.54) is 11.2 Å². The van der Waals surface area contributed by atoms with E-state index in [9.17, 15) is 9.59 Å². The summed E-state index contributed by atoms with van der Waals surface area (Å²) in [6, 6.07) is 5.32. The summed E-state index contributed by atoms with van der Waals surface area (Å²) in [4.78, 5) is 34.8. The van der Waals surface area contributed by atoms with E-state index in [1.54, 1.807) is 29.9 Å². The summed E-state index contributed by atoms with van der Waals surface area (Å²) in [6.45, 7) is 6.62. The summed E-state index contributed by atoms with van der Waals surface area (Å²) in [5.74, 6) is -0.416. The minimum absolute atomic E-state index is 0.0581. The number of fused-ring (bicyclic) bond motifs is 1. The van der Waals surface area contributed by atoms with Crippen LogP contribution < -0.4 is 15.4 Å². The quantitative estimate of drug-likeness (QED) is 0.528. The number of benzene rings is 1. The normalized spacial score (nSPS) is 13.8. The van der Waals surface area contributed by atoms with Gasteiger partial charge in [0.25, 0.3) is 5.91 Å². The van der Waals surface area contributed by atoms with Crippen molar-refractivity contribution < 1.29 is 19.1 Å². The van der Waals surface area contributed by atoms with Gasteiger partial charge in [-0.15, -0.1) is 0 Å². The molecule has 0 saturated heterocycles. The van der Waals surface area contributed by atoms with E-state index in [4.69, 9.17) is 26.8 Å². The van der Waals surface area contributed by atoms with E-state index >= 15 is 0 Å². The molecule has 0 bridgehead atoms. The molecule has 3 aromatic rings. The highest BCUT2D eigenvalue weighted by atomic mass is 35.5. The maximum Gasteiger partial charge on any atom is 0.313 e. The summed E-state index contributed by atoms with van der Waals surface area (Å²) in [5.41, 5.74) is 7.43. The highest BCUT2D eigenvalue weighted by molar-refractivity contribution is 6.33. The molecule has 0 saturated carbocycles. The minimum Gasteiger partial charge on any atom is -0.475 e. The first-order valence-corrected chi connectivity index (χ1v) is 11.1. The lowest BCUT2D eigenvalue weighted by molar-refractivity contribution is -0.154. The highest BCUT2D eigenvalue weighted by Gasteiger charge is 2.31. The Morgan fingerprint density at radius 1 is 1.32 bits per heavy atom. The fraction of sp³-hybridized carbons (Fsp3) is 0.348. The number of esters is 1.